The van der Waals surface area contributed by atoms with Gasteiger partial charge in [0, 0.05) is 28.8 Å². The van der Waals surface area contributed by atoms with Crippen molar-refractivity contribution >= 4 is 33.4 Å². The van der Waals surface area contributed by atoms with Crippen LogP contribution >= 0.6 is 15.9 Å². The van der Waals surface area contributed by atoms with Crippen LogP contribution in [0.1, 0.15) is 60.7 Å². The molecule has 0 unspecified atom stereocenters. The molecule has 0 saturated carbocycles. The third kappa shape index (κ3) is 6.60. The molecule has 0 fully saturated rings. The van der Waals surface area contributed by atoms with Crippen molar-refractivity contribution < 1.29 is 14.3 Å². The lowest BCUT2D eigenvalue weighted by Gasteiger charge is -2.21. The van der Waals surface area contributed by atoms with Gasteiger partial charge in [-0.15, -0.1) is 0 Å². The zero-order chi connectivity index (χ0) is 21.2. The fourth-order valence-corrected chi connectivity index (χ4v) is 3.34. The summed E-state index contributed by atoms with van der Waals surface area (Å²) in [6.45, 7) is 8.11. The molecule has 0 aliphatic rings. The summed E-state index contributed by atoms with van der Waals surface area (Å²) >= 11 is 3.41. The molecule has 2 aromatic rings. The largest absolute Gasteiger partial charge is 0.493 e. The Morgan fingerprint density at radius 3 is 2.38 bits per heavy atom. The van der Waals surface area contributed by atoms with Crippen LogP contribution in [0.25, 0.3) is 0 Å². The topological polar surface area (TPSA) is 58.6 Å². The monoisotopic (exact) mass is 460 g/mol. The third-order valence-electron chi connectivity index (χ3n) is 4.29. The maximum Gasteiger partial charge on any atom is 0.259 e. The van der Waals surface area contributed by atoms with E-state index in [0.717, 1.165) is 36.8 Å². The summed E-state index contributed by atoms with van der Waals surface area (Å²) in [5, 5.41) is 2.89. The summed E-state index contributed by atoms with van der Waals surface area (Å²) < 4.78 is 6.50. The number of anilines is 1. The first-order chi connectivity index (χ1) is 14.0. The van der Waals surface area contributed by atoms with Crippen LogP contribution in [0.2, 0.25) is 0 Å². The number of hydrogen-bond acceptors (Lipinski definition) is 3. The van der Waals surface area contributed by atoms with Crippen LogP contribution < -0.4 is 10.1 Å². The van der Waals surface area contributed by atoms with E-state index in [-0.39, 0.29) is 11.8 Å². The zero-order valence-corrected chi connectivity index (χ0v) is 18.9. The molecular weight excluding hydrogens is 432 g/mol. The predicted octanol–water partition coefficient (Wildman–Crippen LogP) is 5.75. The summed E-state index contributed by atoms with van der Waals surface area (Å²) in [5.41, 5.74) is 1.60. The molecule has 2 aromatic carbocycles. The number of hydrogen-bond donors (Lipinski definition) is 1. The van der Waals surface area contributed by atoms with Crippen LogP contribution in [0.3, 0.4) is 0 Å². The van der Waals surface area contributed by atoms with Crippen molar-refractivity contribution in [3.63, 3.8) is 0 Å². The molecule has 0 atom stereocenters. The van der Waals surface area contributed by atoms with Gasteiger partial charge in [0.15, 0.2) is 0 Å². The fraction of sp³-hybridized carbons (Fsp3) is 0.391. The van der Waals surface area contributed by atoms with E-state index in [0.29, 0.717) is 29.2 Å². The van der Waals surface area contributed by atoms with Crippen LogP contribution in [-0.2, 0) is 0 Å². The van der Waals surface area contributed by atoms with E-state index in [1.165, 1.54) is 0 Å². The Bertz CT molecular complexity index is 833. The first-order valence-corrected chi connectivity index (χ1v) is 10.9. The minimum atomic E-state index is -0.277. The Kier molecular flexibility index (Phi) is 9.19. The summed E-state index contributed by atoms with van der Waals surface area (Å²) in [6, 6.07) is 12.4. The normalized spacial score (nSPS) is 10.5. The molecule has 0 saturated heterocycles. The fourth-order valence-electron chi connectivity index (χ4n) is 2.98. The van der Waals surface area contributed by atoms with Gasteiger partial charge >= 0.3 is 0 Å². The van der Waals surface area contributed by atoms with Crippen molar-refractivity contribution in [1.29, 1.82) is 0 Å². The van der Waals surface area contributed by atoms with Crippen molar-refractivity contribution in [2.24, 2.45) is 0 Å². The standard InChI is InChI=1S/C23H29BrN2O3/c1-4-12-26(13-5-2)23(28)17-8-7-9-19(15-17)25-22(27)20-16-18(24)10-11-21(20)29-14-6-3/h7-11,15-16H,4-6,12-14H2,1-3H3,(H,25,27). The molecule has 0 spiro atoms. The Morgan fingerprint density at radius 1 is 1.00 bits per heavy atom. The number of rotatable bonds is 10. The van der Waals surface area contributed by atoms with Crippen LogP contribution in [0, 0.1) is 0 Å². The molecule has 0 heterocycles. The van der Waals surface area contributed by atoms with Crippen molar-refractivity contribution in [2.75, 3.05) is 25.0 Å². The summed E-state index contributed by atoms with van der Waals surface area (Å²) in [6.07, 6.45) is 2.67. The van der Waals surface area contributed by atoms with E-state index in [9.17, 15) is 9.59 Å². The zero-order valence-electron chi connectivity index (χ0n) is 17.3. The summed E-state index contributed by atoms with van der Waals surface area (Å²) in [4.78, 5) is 27.6. The summed E-state index contributed by atoms with van der Waals surface area (Å²) in [7, 11) is 0. The van der Waals surface area contributed by atoms with Gasteiger partial charge in [-0.25, -0.2) is 0 Å². The average molecular weight is 461 g/mol. The van der Waals surface area contributed by atoms with E-state index < -0.39 is 0 Å². The Balaban J connectivity index is 2.21. The lowest BCUT2D eigenvalue weighted by atomic mass is 10.1. The number of amides is 2. The number of ether oxygens (including phenoxy) is 1. The van der Waals surface area contributed by atoms with E-state index in [1.54, 1.807) is 36.4 Å². The SMILES string of the molecule is CCCOc1ccc(Br)cc1C(=O)Nc1cccc(C(=O)N(CCC)CCC)c1. The van der Waals surface area contributed by atoms with Crippen molar-refractivity contribution in [2.45, 2.75) is 40.0 Å². The van der Waals surface area contributed by atoms with Crippen molar-refractivity contribution in [3.05, 3.63) is 58.1 Å². The highest BCUT2D eigenvalue weighted by Crippen LogP contribution is 2.25. The third-order valence-corrected chi connectivity index (χ3v) is 4.78. The first kappa shape index (κ1) is 22.9. The van der Waals surface area contributed by atoms with E-state index in [1.807, 2.05) is 17.9 Å². The maximum atomic E-state index is 12.9. The highest BCUT2D eigenvalue weighted by atomic mass is 79.9. The minimum absolute atomic E-state index is 0.0146. The molecule has 156 valence electrons. The minimum Gasteiger partial charge on any atom is -0.493 e. The molecule has 0 aliphatic carbocycles. The van der Waals surface area contributed by atoms with Gasteiger partial charge < -0.3 is 15.0 Å². The highest BCUT2D eigenvalue weighted by molar-refractivity contribution is 9.10. The van der Waals surface area contributed by atoms with Gasteiger partial charge in [-0.1, -0.05) is 42.8 Å². The second-order valence-corrected chi connectivity index (χ2v) is 7.73. The Hall–Kier alpha value is -2.34. The van der Waals surface area contributed by atoms with Gasteiger partial charge in [-0.3, -0.25) is 9.59 Å². The number of carbonyl (C=O) groups is 2. The molecule has 0 aromatic heterocycles. The molecule has 0 radical (unpaired) electrons. The van der Waals surface area contributed by atoms with Crippen molar-refractivity contribution in [1.82, 2.24) is 4.90 Å². The molecule has 0 bridgehead atoms. The van der Waals surface area contributed by atoms with E-state index in [4.69, 9.17) is 4.74 Å². The Morgan fingerprint density at radius 2 is 1.72 bits per heavy atom. The van der Waals surface area contributed by atoms with Gasteiger partial charge in [-0.05, 0) is 55.7 Å². The smallest absolute Gasteiger partial charge is 0.259 e. The highest BCUT2D eigenvalue weighted by Gasteiger charge is 2.17. The van der Waals surface area contributed by atoms with E-state index in [2.05, 4.69) is 35.1 Å². The molecule has 2 rings (SSSR count). The lowest BCUT2D eigenvalue weighted by molar-refractivity contribution is 0.0755. The molecule has 0 aliphatic heterocycles. The second kappa shape index (κ2) is 11.6. The number of nitrogens with one attached hydrogen (secondary N) is 1. The van der Waals surface area contributed by atoms with Crippen LogP contribution in [-0.4, -0.2) is 36.4 Å². The maximum absolute atomic E-state index is 12.9. The number of nitrogens with zero attached hydrogens (tertiary/aromatic N) is 1. The van der Waals surface area contributed by atoms with Gasteiger partial charge in [0.05, 0.1) is 12.2 Å². The van der Waals surface area contributed by atoms with E-state index >= 15 is 0 Å². The lowest BCUT2D eigenvalue weighted by Crippen LogP contribution is -2.32. The van der Waals surface area contributed by atoms with Crippen LogP contribution in [0.4, 0.5) is 5.69 Å². The van der Waals surface area contributed by atoms with Crippen LogP contribution in [0.15, 0.2) is 46.9 Å². The van der Waals surface area contributed by atoms with Gasteiger partial charge in [0.2, 0.25) is 0 Å². The quantitative estimate of drug-likeness (QED) is 0.490. The molecule has 29 heavy (non-hydrogen) atoms. The molecular formula is C23H29BrN2O3. The number of carbonyl (C=O) groups excluding carboxylic acids is 2. The second-order valence-electron chi connectivity index (χ2n) is 6.82. The van der Waals surface area contributed by atoms with Gasteiger partial charge in [0.25, 0.3) is 11.8 Å². The van der Waals surface area contributed by atoms with Crippen LogP contribution in [0.5, 0.6) is 5.75 Å². The molecule has 5 nitrogen and oxygen atoms in total. The average Bonchev–Trinajstić information content (AvgIpc) is 2.72. The summed E-state index contributed by atoms with van der Waals surface area (Å²) in [5.74, 6) is 0.247. The number of benzene rings is 2. The Labute approximate surface area is 181 Å². The molecule has 1 N–H and O–H groups in total. The molecule has 6 heteroatoms. The van der Waals surface area contributed by atoms with Gasteiger partial charge in [0.1, 0.15) is 5.75 Å². The molecule has 2 amide bonds. The number of halogens is 1. The predicted molar refractivity (Wildman–Crippen MR) is 121 cm³/mol. The first-order valence-electron chi connectivity index (χ1n) is 10.1. The van der Waals surface area contributed by atoms with Gasteiger partial charge in [-0.2, -0.15) is 0 Å². The van der Waals surface area contributed by atoms with Crippen molar-refractivity contribution in [3.8, 4) is 5.75 Å².